The van der Waals surface area contributed by atoms with Gasteiger partial charge in [-0.3, -0.25) is 19.4 Å². The number of fused-ring (bicyclic) bond motifs is 1. The largest absolute Gasteiger partial charge is 0.492 e. The van der Waals surface area contributed by atoms with Crippen LogP contribution >= 0.6 is 0 Å². The van der Waals surface area contributed by atoms with Crippen LogP contribution in [0.25, 0.3) is 0 Å². The molecule has 0 radical (unpaired) electrons. The molecule has 0 aliphatic carbocycles. The third kappa shape index (κ3) is 7.21. The number of piperidine rings is 1. The van der Waals surface area contributed by atoms with Gasteiger partial charge in [0.2, 0.25) is 5.91 Å². The average molecular weight is 556 g/mol. The van der Waals surface area contributed by atoms with Gasteiger partial charge in [0.05, 0.1) is 0 Å². The van der Waals surface area contributed by atoms with Gasteiger partial charge in [-0.05, 0) is 66.8 Å². The Labute approximate surface area is 232 Å². The minimum atomic E-state index is -4.52. The van der Waals surface area contributed by atoms with Gasteiger partial charge < -0.3 is 9.64 Å². The number of rotatable bonds is 4. The molecule has 10 heteroatoms. The van der Waals surface area contributed by atoms with Crippen LogP contribution in [0.1, 0.15) is 48.9 Å². The normalized spacial score (nSPS) is 18.8. The number of para-hydroxylation sites is 1. The Bertz CT molecular complexity index is 1260. The van der Waals surface area contributed by atoms with Gasteiger partial charge >= 0.3 is 6.18 Å². The van der Waals surface area contributed by atoms with Crippen LogP contribution in [-0.2, 0) is 30.5 Å². The van der Waals surface area contributed by atoms with Crippen molar-refractivity contribution in [2.75, 3.05) is 32.8 Å². The third-order valence-corrected chi connectivity index (χ3v) is 8.13. The molecule has 2 aliphatic heterocycles. The van der Waals surface area contributed by atoms with Crippen molar-refractivity contribution >= 4 is 5.91 Å². The molecule has 2 aliphatic rings. The first kappa shape index (κ1) is 28.1. The summed E-state index contributed by atoms with van der Waals surface area (Å²) in [5, 5.41) is 3.54. The van der Waals surface area contributed by atoms with E-state index >= 15 is 0 Å². The number of carbonyl (C=O) groups is 1. The summed E-state index contributed by atoms with van der Waals surface area (Å²) >= 11 is 0. The predicted molar refractivity (Wildman–Crippen MR) is 144 cm³/mol. The number of alkyl halides is 3. The number of likely N-dealkylation sites (tertiary alicyclic amines) is 1. The number of pyridine rings is 1. The topological polar surface area (TPSA) is 63.5 Å². The predicted octanol–water partition coefficient (Wildman–Crippen LogP) is 5.21. The molecule has 0 saturated carbocycles. The Morgan fingerprint density at radius 1 is 1.00 bits per heavy atom. The molecule has 0 bridgehead atoms. The number of aryl methyl sites for hydroxylation is 1. The van der Waals surface area contributed by atoms with Crippen LogP contribution in [-0.4, -0.2) is 63.3 Å². The smallest absolute Gasteiger partial charge is 0.435 e. The summed E-state index contributed by atoms with van der Waals surface area (Å²) in [5.41, 5.74) is 1.46. The zero-order chi connectivity index (χ0) is 28.0. The van der Waals surface area contributed by atoms with Crippen molar-refractivity contribution in [3.63, 3.8) is 0 Å². The van der Waals surface area contributed by atoms with Crippen LogP contribution in [0, 0.1) is 5.41 Å². The molecule has 1 saturated heterocycles. The van der Waals surface area contributed by atoms with E-state index in [4.69, 9.17) is 4.74 Å². The SMILES string of the molecule is O=C(Cn1ccc(C(F)(F)F)n1)N1CCC2(CCCCc3ccccc3OCCN(Cc3cccnc3)C2)CC1. The summed E-state index contributed by atoms with van der Waals surface area (Å²) in [7, 11) is 0. The molecule has 0 unspecified atom stereocenters. The van der Waals surface area contributed by atoms with E-state index in [9.17, 15) is 18.0 Å². The summed E-state index contributed by atoms with van der Waals surface area (Å²) in [4.78, 5) is 21.5. The fourth-order valence-electron chi connectivity index (χ4n) is 5.95. The molecule has 214 valence electrons. The van der Waals surface area contributed by atoms with Crippen LogP contribution < -0.4 is 4.74 Å². The second-order valence-corrected chi connectivity index (χ2v) is 11.0. The van der Waals surface area contributed by atoms with Crippen molar-refractivity contribution in [1.82, 2.24) is 24.6 Å². The van der Waals surface area contributed by atoms with Crippen molar-refractivity contribution < 1.29 is 22.7 Å². The fourth-order valence-corrected chi connectivity index (χ4v) is 5.95. The summed E-state index contributed by atoms with van der Waals surface area (Å²) < 4.78 is 46.1. The average Bonchev–Trinajstić information content (AvgIpc) is 3.41. The summed E-state index contributed by atoms with van der Waals surface area (Å²) in [6, 6.07) is 13.2. The van der Waals surface area contributed by atoms with Crippen molar-refractivity contribution in [2.24, 2.45) is 5.41 Å². The molecule has 1 aromatic carbocycles. The maximum absolute atomic E-state index is 13.0. The lowest BCUT2D eigenvalue weighted by atomic mass is 9.73. The summed E-state index contributed by atoms with van der Waals surface area (Å²) in [6.45, 7) is 4.01. The molecule has 1 fully saturated rings. The Hall–Kier alpha value is -3.40. The molecular formula is C30H36F3N5O2. The highest BCUT2D eigenvalue weighted by Gasteiger charge is 2.38. The van der Waals surface area contributed by atoms with Gasteiger partial charge in [0.1, 0.15) is 18.9 Å². The molecule has 7 nitrogen and oxygen atoms in total. The third-order valence-electron chi connectivity index (χ3n) is 8.13. The standard InChI is InChI=1S/C30H36F3N5O2/c31-30(32,33)27-10-15-38(35-27)22-28(39)37-16-12-29(13-17-37)11-4-3-8-25-7-1-2-9-26(25)40-19-18-36(23-29)21-24-6-5-14-34-20-24/h1-2,5-7,9-10,14-15,20H,3-4,8,11-13,16-19,21-23H2. The first-order valence-corrected chi connectivity index (χ1v) is 14.0. The first-order valence-electron chi connectivity index (χ1n) is 14.0. The van der Waals surface area contributed by atoms with Crippen LogP contribution in [0.5, 0.6) is 5.75 Å². The lowest BCUT2D eigenvalue weighted by Gasteiger charge is -2.45. The van der Waals surface area contributed by atoms with Crippen molar-refractivity contribution in [3.8, 4) is 5.75 Å². The van der Waals surface area contributed by atoms with E-state index < -0.39 is 11.9 Å². The second-order valence-electron chi connectivity index (χ2n) is 11.0. The number of ether oxygens (including phenoxy) is 1. The van der Waals surface area contributed by atoms with Crippen molar-refractivity contribution in [1.29, 1.82) is 0 Å². The summed E-state index contributed by atoms with van der Waals surface area (Å²) in [6.07, 6.45) is 6.27. The molecule has 1 spiro atoms. The number of amides is 1. The van der Waals surface area contributed by atoms with Crippen molar-refractivity contribution in [2.45, 2.75) is 57.8 Å². The molecule has 2 aromatic heterocycles. The highest BCUT2D eigenvalue weighted by molar-refractivity contribution is 5.76. The lowest BCUT2D eigenvalue weighted by molar-refractivity contribution is -0.142. The van der Waals surface area contributed by atoms with Crippen LogP contribution in [0.2, 0.25) is 0 Å². The quantitative estimate of drug-likeness (QED) is 0.442. The molecule has 4 heterocycles. The molecule has 1 amide bonds. The summed E-state index contributed by atoms with van der Waals surface area (Å²) in [5.74, 6) is 0.766. The van der Waals surface area contributed by atoms with Gasteiger partial charge in [-0.2, -0.15) is 18.3 Å². The number of aromatic nitrogens is 3. The highest BCUT2D eigenvalue weighted by Crippen LogP contribution is 2.39. The second kappa shape index (κ2) is 12.4. The first-order chi connectivity index (χ1) is 19.3. The number of hydrogen-bond acceptors (Lipinski definition) is 5. The molecule has 0 N–H and O–H groups in total. The molecule has 5 rings (SSSR count). The lowest BCUT2D eigenvalue weighted by Crippen LogP contribution is -2.49. The van der Waals surface area contributed by atoms with Gasteiger partial charge in [-0.1, -0.05) is 30.7 Å². The molecular weight excluding hydrogens is 519 g/mol. The number of hydrogen-bond donors (Lipinski definition) is 0. The van der Waals surface area contributed by atoms with Gasteiger partial charge in [-0.25, -0.2) is 0 Å². The Kier molecular flexibility index (Phi) is 8.73. The number of carbonyl (C=O) groups excluding carboxylic acids is 1. The monoisotopic (exact) mass is 555 g/mol. The van der Waals surface area contributed by atoms with Gasteiger partial charge in [-0.15, -0.1) is 0 Å². The van der Waals surface area contributed by atoms with Gasteiger partial charge in [0, 0.05) is 51.3 Å². The zero-order valence-corrected chi connectivity index (χ0v) is 22.7. The van der Waals surface area contributed by atoms with Gasteiger partial charge in [0.15, 0.2) is 5.69 Å². The highest BCUT2D eigenvalue weighted by atomic mass is 19.4. The maximum atomic E-state index is 13.0. The molecule has 3 aromatic rings. The van der Waals surface area contributed by atoms with Crippen molar-refractivity contribution in [3.05, 3.63) is 77.9 Å². The zero-order valence-electron chi connectivity index (χ0n) is 22.7. The minimum absolute atomic E-state index is 0.0485. The maximum Gasteiger partial charge on any atom is 0.435 e. The van der Waals surface area contributed by atoms with Gasteiger partial charge in [0.25, 0.3) is 0 Å². The Morgan fingerprint density at radius 2 is 1.82 bits per heavy atom. The Morgan fingerprint density at radius 3 is 2.58 bits per heavy atom. The number of halogens is 3. The van der Waals surface area contributed by atoms with E-state index in [0.29, 0.717) is 19.7 Å². The van der Waals surface area contributed by atoms with Crippen LogP contribution in [0.3, 0.4) is 0 Å². The van der Waals surface area contributed by atoms with E-state index in [1.54, 1.807) is 11.1 Å². The molecule has 40 heavy (non-hydrogen) atoms. The van der Waals surface area contributed by atoms with E-state index in [0.717, 1.165) is 80.2 Å². The molecule has 0 atom stereocenters. The van der Waals surface area contributed by atoms with E-state index in [1.165, 1.54) is 11.8 Å². The van der Waals surface area contributed by atoms with E-state index in [1.807, 2.05) is 24.4 Å². The fraction of sp³-hybridized carbons (Fsp3) is 0.500. The number of benzene rings is 1. The van der Waals surface area contributed by atoms with E-state index in [-0.39, 0.29) is 17.9 Å². The van der Waals surface area contributed by atoms with Crippen LogP contribution in [0.4, 0.5) is 13.2 Å². The van der Waals surface area contributed by atoms with Crippen LogP contribution in [0.15, 0.2) is 61.1 Å². The minimum Gasteiger partial charge on any atom is -0.492 e. The van der Waals surface area contributed by atoms with E-state index in [2.05, 4.69) is 33.2 Å². The Balaban J connectivity index is 1.27. The number of nitrogens with zero attached hydrogens (tertiary/aromatic N) is 5.